The number of aliphatic hydroxyl groups is 1. The second-order valence-corrected chi connectivity index (χ2v) is 6.84. The smallest absolute Gasteiger partial charge is 0.0631 e. The average molecular weight is 240 g/mol. The average Bonchev–Trinajstić information content (AvgIpc) is 2.49. The Morgan fingerprint density at radius 1 is 1.29 bits per heavy atom. The maximum atomic E-state index is 10.3. The van der Waals surface area contributed by atoms with Crippen molar-refractivity contribution in [1.82, 2.24) is 9.80 Å². The highest BCUT2D eigenvalue weighted by Gasteiger charge is 2.41. The van der Waals surface area contributed by atoms with Crippen LogP contribution in [0.2, 0.25) is 0 Å². The Morgan fingerprint density at radius 2 is 2.00 bits per heavy atom. The molecule has 2 fully saturated rings. The molecule has 0 spiro atoms. The zero-order valence-electron chi connectivity index (χ0n) is 11.8. The molecule has 1 N–H and O–H groups in total. The molecule has 100 valence electrons. The van der Waals surface area contributed by atoms with Crippen LogP contribution in [0, 0.1) is 11.3 Å². The third kappa shape index (κ3) is 2.83. The Morgan fingerprint density at radius 3 is 2.53 bits per heavy atom. The van der Waals surface area contributed by atoms with Gasteiger partial charge in [0.1, 0.15) is 0 Å². The van der Waals surface area contributed by atoms with Gasteiger partial charge < -0.3 is 10.0 Å². The zero-order chi connectivity index (χ0) is 12.6. The van der Waals surface area contributed by atoms with Crippen LogP contribution in [0.5, 0.6) is 0 Å². The molecule has 1 aliphatic heterocycles. The van der Waals surface area contributed by atoms with Crippen LogP contribution >= 0.6 is 0 Å². The molecule has 3 nitrogen and oxygen atoms in total. The largest absolute Gasteiger partial charge is 0.392 e. The van der Waals surface area contributed by atoms with Crippen LogP contribution in [0.15, 0.2) is 0 Å². The summed E-state index contributed by atoms with van der Waals surface area (Å²) in [5, 5.41) is 10.3. The van der Waals surface area contributed by atoms with Crippen molar-refractivity contribution in [1.29, 1.82) is 0 Å². The predicted molar refractivity (Wildman–Crippen MR) is 71.0 cm³/mol. The second kappa shape index (κ2) is 4.87. The van der Waals surface area contributed by atoms with E-state index in [9.17, 15) is 5.11 Å². The van der Waals surface area contributed by atoms with Crippen LogP contribution in [0.3, 0.4) is 0 Å². The Bertz CT molecular complexity index is 267. The van der Waals surface area contributed by atoms with Gasteiger partial charge in [-0.2, -0.15) is 0 Å². The molecule has 0 radical (unpaired) electrons. The lowest BCUT2D eigenvalue weighted by Crippen LogP contribution is -2.52. The summed E-state index contributed by atoms with van der Waals surface area (Å²) in [7, 11) is 2.20. The molecule has 2 rings (SSSR count). The van der Waals surface area contributed by atoms with Crippen molar-refractivity contribution in [3.63, 3.8) is 0 Å². The van der Waals surface area contributed by atoms with Gasteiger partial charge in [0.15, 0.2) is 0 Å². The van der Waals surface area contributed by atoms with E-state index in [1.54, 1.807) is 0 Å². The Kier molecular flexibility index (Phi) is 3.81. The van der Waals surface area contributed by atoms with E-state index in [0.717, 1.165) is 26.2 Å². The molecular weight excluding hydrogens is 212 g/mol. The lowest BCUT2D eigenvalue weighted by molar-refractivity contribution is 0.0148. The maximum Gasteiger partial charge on any atom is 0.0631 e. The van der Waals surface area contributed by atoms with Crippen molar-refractivity contribution < 1.29 is 5.11 Å². The molecule has 1 aliphatic carbocycles. The van der Waals surface area contributed by atoms with Crippen molar-refractivity contribution in [2.45, 2.75) is 45.8 Å². The first-order valence-corrected chi connectivity index (χ1v) is 7.01. The number of likely N-dealkylation sites (N-methyl/N-ethyl adjacent to an activating group) is 1. The first-order chi connectivity index (χ1) is 7.90. The summed E-state index contributed by atoms with van der Waals surface area (Å²) in [6, 6.07) is 0.629. The molecule has 3 atom stereocenters. The molecule has 2 aliphatic rings. The SMILES string of the molecule is CC1CN(C)CCN1CC1CCC(C)(C)C1O. The summed E-state index contributed by atoms with van der Waals surface area (Å²) in [4.78, 5) is 4.96. The molecule has 3 heteroatoms. The van der Waals surface area contributed by atoms with Crippen LogP contribution in [-0.2, 0) is 0 Å². The minimum Gasteiger partial charge on any atom is -0.392 e. The number of hydrogen-bond acceptors (Lipinski definition) is 3. The van der Waals surface area contributed by atoms with E-state index >= 15 is 0 Å². The van der Waals surface area contributed by atoms with Gasteiger partial charge in [-0.25, -0.2) is 0 Å². The minimum absolute atomic E-state index is 0.116. The van der Waals surface area contributed by atoms with Crippen molar-refractivity contribution in [3.05, 3.63) is 0 Å². The van der Waals surface area contributed by atoms with Crippen LogP contribution in [0.4, 0.5) is 0 Å². The molecule has 1 saturated heterocycles. The number of nitrogens with zero attached hydrogens (tertiary/aromatic N) is 2. The van der Waals surface area contributed by atoms with E-state index < -0.39 is 0 Å². The molecule has 0 aromatic heterocycles. The van der Waals surface area contributed by atoms with Gasteiger partial charge in [0.25, 0.3) is 0 Å². The van der Waals surface area contributed by atoms with Crippen LogP contribution in [0.25, 0.3) is 0 Å². The monoisotopic (exact) mass is 240 g/mol. The summed E-state index contributed by atoms with van der Waals surface area (Å²) in [5.74, 6) is 0.482. The number of aliphatic hydroxyl groups excluding tert-OH is 1. The van der Waals surface area contributed by atoms with Crippen molar-refractivity contribution in [2.24, 2.45) is 11.3 Å². The molecule has 0 bridgehead atoms. The highest BCUT2D eigenvalue weighted by molar-refractivity contribution is 4.93. The second-order valence-electron chi connectivity index (χ2n) is 6.84. The van der Waals surface area contributed by atoms with E-state index in [0.29, 0.717) is 12.0 Å². The maximum absolute atomic E-state index is 10.3. The summed E-state index contributed by atoms with van der Waals surface area (Å²) in [6.45, 7) is 11.3. The van der Waals surface area contributed by atoms with Gasteiger partial charge in [0.05, 0.1) is 6.10 Å². The van der Waals surface area contributed by atoms with E-state index in [4.69, 9.17) is 0 Å². The Labute approximate surface area is 106 Å². The summed E-state index contributed by atoms with van der Waals surface area (Å²) in [6.07, 6.45) is 2.24. The van der Waals surface area contributed by atoms with Crippen molar-refractivity contribution in [2.75, 3.05) is 33.2 Å². The van der Waals surface area contributed by atoms with E-state index in [1.165, 1.54) is 12.8 Å². The minimum atomic E-state index is -0.116. The third-order valence-electron chi connectivity index (χ3n) is 4.84. The normalized spacial score (nSPS) is 39.7. The fourth-order valence-corrected chi connectivity index (χ4v) is 3.44. The van der Waals surface area contributed by atoms with Gasteiger partial charge >= 0.3 is 0 Å². The van der Waals surface area contributed by atoms with Gasteiger partial charge in [0.2, 0.25) is 0 Å². The van der Waals surface area contributed by atoms with E-state index in [1.807, 2.05) is 0 Å². The Hall–Kier alpha value is -0.120. The number of piperazine rings is 1. The quantitative estimate of drug-likeness (QED) is 0.791. The van der Waals surface area contributed by atoms with Gasteiger partial charge in [-0.15, -0.1) is 0 Å². The van der Waals surface area contributed by atoms with Gasteiger partial charge in [-0.3, -0.25) is 4.90 Å². The zero-order valence-corrected chi connectivity index (χ0v) is 11.8. The highest BCUT2D eigenvalue weighted by atomic mass is 16.3. The lowest BCUT2D eigenvalue weighted by atomic mass is 9.87. The first kappa shape index (κ1) is 13.3. The molecule has 0 aromatic rings. The van der Waals surface area contributed by atoms with E-state index in [2.05, 4.69) is 37.6 Å². The predicted octanol–water partition coefficient (Wildman–Crippen LogP) is 1.42. The van der Waals surface area contributed by atoms with E-state index in [-0.39, 0.29) is 11.5 Å². The molecule has 1 heterocycles. The topological polar surface area (TPSA) is 26.7 Å². The van der Waals surface area contributed by atoms with Gasteiger partial charge in [-0.05, 0) is 38.1 Å². The first-order valence-electron chi connectivity index (χ1n) is 7.01. The fourth-order valence-electron chi connectivity index (χ4n) is 3.44. The van der Waals surface area contributed by atoms with Gasteiger partial charge in [0, 0.05) is 32.2 Å². The lowest BCUT2D eigenvalue weighted by Gasteiger charge is -2.40. The van der Waals surface area contributed by atoms with Crippen LogP contribution < -0.4 is 0 Å². The summed E-state index contributed by atoms with van der Waals surface area (Å²) in [5.41, 5.74) is 0.125. The van der Waals surface area contributed by atoms with Crippen LogP contribution in [-0.4, -0.2) is 60.3 Å². The Balaban J connectivity index is 1.89. The third-order valence-corrected chi connectivity index (χ3v) is 4.84. The number of hydrogen-bond donors (Lipinski definition) is 1. The molecule has 0 aromatic carbocycles. The molecule has 17 heavy (non-hydrogen) atoms. The van der Waals surface area contributed by atoms with Gasteiger partial charge in [-0.1, -0.05) is 13.8 Å². The molecule has 0 amide bonds. The molecular formula is C14H28N2O. The molecule has 3 unspecified atom stereocenters. The molecule has 1 saturated carbocycles. The summed E-state index contributed by atoms with van der Waals surface area (Å²) < 4.78 is 0. The number of rotatable bonds is 2. The highest BCUT2D eigenvalue weighted by Crippen LogP contribution is 2.41. The van der Waals surface area contributed by atoms with Crippen LogP contribution in [0.1, 0.15) is 33.6 Å². The summed E-state index contributed by atoms with van der Waals surface area (Å²) >= 11 is 0. The van der Waals surface area contributed by atoms with Crippen molar-refractivity contribution in [3.8, 4) is 0 Å². The standard InChI is InChI=1S/C14H28N2O/c1-11-9-15(4)7-8-16(11)10-12-5-6-14(2,3)13(12)17/h11-13,17H,5-10H2,1-4H3. The van der Waals surface area contributed by atoms with Crippen molar-refractivity contribution >= 4 is 0 Å². The fraction of sp³-hybridized carbons (Fsp3) is 1.00.